The lowest BCUT2D eigenvalue weighted by Crippen LogP contribution is -2.29. The highest BCUT2D eigenvalue weighted by Crippen LogP contribution is 2.29. The summed E-state index contributed by atoms with van der Waals surface area (Å²) in [4.78, 5) is 23.7. The number of hydrogen-bond acceptors (Lipinski definition) is 4. The van der Waals surface area contributed by atoms with Crippen LogP contribution in [-0.4, -0.2) is 18.0 Å². The van der Waals surface area contributed by atoms with Gasteiger partial charge in [-0.1, -0.05) is 29.3 Å². The van der Waals surface area contributed by atoms with Crippen molar-refractivity contribution in [3.8, 4) is 0 Å². The molecule has 0 saturated heterocycles. The molecular formula is C16H13Cl2NO4. The molecule has 1 N–H and O–H groups in total. The lowest BCUT2D eigenvalue weighted by Gasteiger charge is -2.13. The Bertz CT molecular complexity index is 726. The molecule has 0 spiro atoms. The first-order valence-corrected chi connectivity index (χ1v) is 7.40. The van der Waals surface area contributed by atoms with Crippen molar-refractivity contribution >= 4 is 46.8 Å². The van der Waals surface area contributed by atoms with E-state index in [1.54, 1.807) is 30.3 Å². The SMILES string of the molecule is C[C@@H](OC(=O)C=Cc1ccco1)C(=O)Nc1cccc(Cl)c1Cl. The number of carbonyl (C=O) groups is 2. The maximum Gasteiger partial charge on any atom is 0.331 e. The molecule has 1 heterocycles. The van der Waals surface area contributed by atoms with Crippen LogP contribution < -0.4 is 5.32 Å². The number of furan rings is 1. The molecule has 5 nitrogen and oxygen atoms in total. The molecule has 0 aliphatic carbocycles. The summed E-state index contributed by atoms with van der Waals surface area (Å²) in [7, 11) is 0. The van der Waals surface area contributed by atoms with Gasteiger partial charge < -0.3 is 14.5 Å². The average Bonchev–Trinajstić information content (AvgIpc) is 3.03. The van der Waals surface area contributed by atoms with Crippen LogP contribution >= 0.6 is 23.2 Å². The van der Waals surface area contributed by atoms with Crippen LogP contribution in [0.2, 0.25) is 10.0 Å². The molecule has 2 aromatic rings. The first kappa shape index (κ1) is 17.1. The number of rotatable bonds is 5. The molecule has 0 saturated carbocycles. The molecule has 1 aromatic carbocycles. The van der Waals surface area contributed by atoms with Crippen molar-refractivity contribution in [3.05, 3.63) is 58.5 Å². The van der Waals surface area contributed by atoms with E-state index < -0.39 is 18.0 Å². The Morgan fingerprint density at radius 2 is 2.04 bits per heavy atom. The molecule has 1 aromatic heterocycles. The van der Waals surface area contributed by atoms with E-state index in [-0.39, 0.29) is 5.02 Å². The Morgan fingerprint density at radius 3 is 2.74 bits per heavy atom. The minimum atomic E-state index is -1.00. The smallest absolute Gasteiger partial charge is 0.331 e. The van der Waals surface area contributed by atoms with Crippen molar-refractivity contribution in [1.82, 2.24) is 0 Å². The fraction of sp³-hybridized carbons (Fsp3) is 0.125. The van der Waals surface area contributed by atoms with Crippen LogP contribution in [0, 0.1) is 0 Å². The van der Waals surface area contributed by atoms with E-state index in [0.29, 0.717) is 16.5 Å². The Balaban J connectivity index is 1.92. The van der Waals surface area contributed by atoms with Gasteiger partial charge in [0.05, 0.1) is 22.0 Å². The summed E-state index contributed by atoms with van der Waals surface area (Å²) < 4.78 is 10.0. The molecule has 0 unspecified atom stereocenters. The Labute approximate surface area is 142 Å². The fourth-order valence-electron chi connectivity index (χ4n) is 1.64. The lowest BCUT2D eigenvalue weighted by molar-refractivity contribution is -0.148. The molecule has 0 radical (unpaired) electrons. The van der Waals surface area contributed by atoms with Gasteiger partial charge >= 0.3 is 5.97 Å². The molecule has 2 rings (SSSR count). The molecular weight excluding hydrogens is 341 g/mol. The summed E-state index contributed by atoms with van der Waals surface area (Å²) in [5.41, 5.74) is 0.346. The number of carbonyl (C=O) groups excluding carboxylic acids is 2. The van der Waals surface area contributed by atoms with Crippen molar-refractivity contribution < 1.29 is 18.7 Å². The predicted molar refractivity (Wildman–Crippen MR) is 88.4 cm³/mol. The van der Waals surface area contributed by atoms with Crippen molar-refractivity contribution in [1.29, 1.82) is 0 Å². The van der Waals surface area contributed by atoms with Crippen molar-refractivity contribution in [2.45, 2.75) is 13.0 Å². The second-order valence-corrected chi connectivity index (χ2v) is 5.30. The lowest BCUT2D eigenvalue weighted by atomic mass is 10.3. The molecule has 120 valence electrons. The molecule has 1 amide bonds. The number of esters is 1. The highest BCUT2D eigenvalue weighted by atomic mass is 35.5. The van der Waals surface area contributed by atoms with Gasteiger partial charge in [-0.05, 0) is 37.3 Å². The first-order valence-electron chi connectivity index (χ1n) is 6.64. The monoisotopic (exact) mass is 353 g/mol. The van der Waals surface area contributed by atoms with Crippen LogP contribution in [0.25, 0.3) is 6.08 Å². The van der Waals surface area contributed by atoms with E-state index >= 15 is 0 Å². The molecule has 0 bridgehead atoms. The largest absolute Gasteiger partial charge is 0.465 e. The number of hydrogen-bond donors (Lipinski definition) is 1. The molecule has 7 heteroatoms. The molecule has 0 fully saturated rings. The first-order chi connectivity index (χ1) is 11.0. The van der Waals surface area contributed by atoms with Crippen molar-refractivity contribution in [2.75, 3.05) is 5.32 Å². The molecule has 23 heavy (non-hydrogen) atoms. The third kappa shape index (κ3) is 4.87. The topological polar surface area (TPSA) is 68.5 Å². The standard InChI is InChI=1S/C16H13Cl2NO4/c1-10(23-14(20)8-7-11-4-3-9-22-11)16(21)19-13-6-2-5-12(17)15(13)18/h2-10H,1H3,(H,19,21)/t10-/m1/s1. The number of nitrogens with one attached hydrogen (secondary N) is 1. The summed E-state index contributed by atoms with van der Waals surface area (Å²) in [6.07, 6.45) is 3.10. The second kappa shape index (κ2) is 7.85. The van der Waals surface area contributed by atoms with Crippen LogP contribution in [0.4, 0.5) is 5.69 Å². The second-order valence-electron chi connectivity index (χ2n) is 4.52. The third-order valence-corrected chi connectivity index (χ3v) is 3.62. The van der Waals surface area contributed by atoms with Gasteiger partial charge in [0.25, 0.3) is 5.91 Å². The van der Waals surface area contributed by atoms with E-state index in [0.717, 1.165) is 0 Å². The highest BCUT2D eigenvalue weighted by Gasteiger charge is 2.18. The van der Waals surface area contributed by atoms with Crippen LogP contribution in [0.1, 0.15) is 12.7 Å². The zero-order chi connectivity index (χ0) is 16.8. The Kier molecular flexibility index (Phi) is 5.84. The van der Waals surface area contributed by atoms with Gasteiger partial charge in [-0.2, -0.15) is 0 Å². The highest BCUT2D eigenvalue weighted by molar-refractivity contribution is 6.44. The third-order valence-electron chi connectivity index (χ3n) is 2.80. The summed E-state index contributed by atoms with van der Waals surface area (Å²) in [5.74, 6) is -0.681. The van der Waals surface area contributed by atoms with E-state index in [1.807, 2.05) is 0 Å². The average molecular weight is 354 g/mol. The molecule has 0 aliphatic heterocycles. The van der Waals surface area contributed by atoms with E-state index in [1.165, 1.54) is 25.3 Å². The minimum Gasteiger partial charge on any atom is -0.465 e. The Hall–Kier alpha value is -2.24. The molecule has 0 aliphatic rings. The van der Waals surface area contributed by atoms with E-state index in [2.05, 4.69) is 5.32 Å². The number of ether oxygens (including phenoxy) is 1. The molecule has 1 atom stereocenters. The fourth-order valence-corrected chi connectivity index (χ4v) is 1.99. The maximum atomic E-state index is 12.0. The van der Waals surface area contributed by atoms with Gasteiger partial charge in [-0.3, -0.25) is 4.79 Å². The maximum absolute atomic E-state index is 12.0. The van der Waals surface area contributed by atoms with Crippen molar-refractivity contribution in [3.63, 3.8) is 0 Å². The van der Waals surface area contributed by atoms with Crippen LogP contribution in [0.3, 0.4) is 0 Å². The van der Waals surface area contributed by atoms with Gasteiger partial charge in [0.1, 0.15) is 5.76 Å². The van der Waals surface area contributed by atoms with Gasteiger partial charge in [0, 0.05) is 6.08 Å². The minimum absolute atomic E-state index is 0.221. The summed E-state index contributed by atoms with van der Waals surface area (Å²) >= 11 is 11.8. The summed E-state index contributed by atoms with van der Waals surface area (Å²) in [6, 6.07) is 8.21. The summed E-state index contributed by atoms with van der Waals surface area (Å²) in [5, 5.41) is 3.09. The van der Waals surface area contributed by atoms with Gasteiger partial charge in [-0.25, -0.2) is 4.79 Å². The van der Waals surface area contributed by atoms with Gasteiger partial charge in [0.2, 0.25) is 0 Å². The zero-order valence-electron chi connectivity index (χ0n) is 12.1. The van der Waals surface area contributed by atoms with Gasteiger partial charge in [0.15, 0.2) is 6.10 Å². The summed E-state index contributed by atoms with van der Waals surface area (Å²) in [6.45, 7) is 1.45. The van der Waals surface area contributed by atoms with Gasteiger partial charge in [-0.15, -0.1) is 0 Å². The number of amides is 1. The Morgan fingerprint density at radius 1 is 1.26 bits per heavy atom. The van der Waals surface area contributed by atoms with Crippen LogP contribution in [0.15, 0.2) is 47.1 Å². The van der Waals surface area contributed by atoms with E-state index in [4.69, 9.17) is 32.4 Å². The van der Waals surface area contributed by atoms with Crippen molar-refractivity contribution in [2.24, 2.45) is 0 Å². The number of halogens is 2. The normalized spacial score (nSPS) is 12.1. The quantitative estimate of drug-likeness (QED) is 0.646. The van der Waals surface area contributed by atoms with Crippen LogP contribution in [-0.2, 0) is 14.3 Å². The number of benzene rings is 1. The van der Waals surface area contributed by atoms with E-state index in [9.17, 15) is 9.59 Å². The predicted octanol–water partition coefficient (Wildman–Crippen LogP) is 4.17. The van der Waals surface area contributed by atoms with Crippen LogP contribution in [0.5, 0.6) is 0 Å². The number of anilines is 1. The zero-order valence-corrected chi connectivity index (χ0v) is 13.6.